The molecular weight excluding hydrogens is 514 g/mol. The number of aliphatic hydroxyl groups is 1. The predicted octanol–water partition coefficient (Wildman–Crippen LogP) is 9.49. The summed E-state index contributed by atoms with van der Waals surface area (Å²) in [6.07, 6.45) is 17.0. The lowest BCUT2D eigenvalue weighted by molar-refractivity contribution is 0.190. The van der Waals surface area contributed by atoms with Crippen LogP contribution in [0.25, 0.3) is 0 Å². The minimum absolute atomic E-state index is 0.249. The first-order chi connectivity index (χ1) is 19.3. The number of hydrogen-bond acceptors (Lipinski definition) is 3. The Hall–Kier alpha value is -2.37. The summed E-state index contributed by atoms with van der Waals surface area (Å²) in [5.74, 6) is 0. The molecule has 0 saturated heterocycles. The van der Waals surface area contributed by atoms with Gasteiger partial charge in [0.25, 0.3) is 10.0 Å². The second-order valence-electron chi connectivity index (χ2n) is 11.0. The first-order valence-corrected chi connectivity index (χ1v) is 17.0. The van der Waals surface area contributed by atoms with Crippen LogP contribution in [0.4, 0.5) is 0 Å². The van der Waals surface area contributed by atoms with Gasteiger partial charge in [-0.25, -0.2) is 8.42 Å². The summed E-state index contributed by atoms with van der Waals surface area (Å²) >= 11 is 0. The summed E-state index contributed by atoms with van der Waals surface area (Å²) in [4.78, 5) is 0.284. The lowest BCUT2D eigenvalue weighted by Gasteiger charge is -2.23. The first kappa shape index (κ1) is 33.8. The monoisotopic (exact) mass is 567 g/mol. The molecule has 4 nitrogen and oxygen atoms in total. The number of allylic oxidation sites excluding steroid dienone is 2. The molecule has 2 aromatic carbocycles. The van der Waals surface area contributed by atoms with E-state index in [4.69, 9.17) is 0 Å². The number of nitrogens with zero attached hydrogens (tertiary/aromatic N) is 1. The van der Waals surface area contributed by atoms with Crippen LogP contribution >= 0.6 is 0 Å². The van der Waals surface area contributed by atoms with Crippen LogP contribution in [0.1, 0.15) is 115 Å². The minimum Gasteiger partial charge on any atom is -0.389 e. The van der Waals surface area contributed by atoms with E-state index in [0.29, 0.717) is 0 Å². The van der Waals surface area contributed by atoms with Crippen LogP contribution in [0.3, 0.4) is 0 Å². The van der Waals surface area contributed by atoms with E-state index >= 15 is 0 Å². The van der Waals surface area contributed by atoms with Crippen molar-refractivity contribution in [1.29, 1.82) is 0 Å². The van der Waals surface area contributed by atoms with E-state index in [2.05, 4.69) is 20.8 Å². The largest absolute Gasteiger partial charge is 0.389 e. The van der Waals surface area contributed by atoms with Crippen LogP contribution in [0, 0.1) is 6.92 Å². The molecule has 0 fully saturated rings. The van der Waals surface area contributed by atoms with Crippen molar-refractivity contribution in [2.75, 3.05) is 0 Å². The van der Waals surface area contributed by atoms with Crippen LogP contribution in [0.2, 0.25) is 0 Å². The van der Waals surface area contributed by atoms with Gasteiger partial charge in [-0.05, 0) is 73.9 Å². The Balaban J connectivity index is 2.42. The molecule has 1 unspecified atom stereocenters. The molecule has 0 aromatic heterocycles. The maximum Gasteiger partial charge on any atom is 0.264 e. The Bertz CT molecular complexity index is 1120. The molecule has 0 saturated carbocycles. The lowest BCUT2D eigenvalue weighted by Crippen LogP contribution is -2.26. The summed E-state index contributed by atoms with van der Waals surface area (Å²) in [7, 11) is -3.76. The fraction of sp³-hybridized carbons (Fsp3) is 0.543. The van der Waals surface area contributed by atoms with Crippen LogP contribution in [-0.4, -0.2) is 23.9 Å². The molecule has 0 aliphatic heterocycles. The van der Waals surface area contributed by atoms with E-state index in [1.807, 2.05) is 55.5 Å². The average molecular weight is 568 g/mol. The zero-order valence-electron chi connectivity index (χ0n) is 25.4. The second kappa shape index (κ2) is 18.9. The summed E-state index contributed by atoms with van der Waals surface area (Å²) in [5.41, 5.74) is 4.13. The SMILES string of the molecule is CCCCCCCCC(O)/C(CCCC)=C(\C=C\N(Cc1ccccc1)S(=O)(=O)c1ccc(C)cc1)CCCC. The van der Waals surface area contributed by atoms with E-state index in [-0.39, 0.29) is 11.4 Å². The second-order valence-corrected chi connectivity index (χ2v) is 12.9. The van der Waals surface area contributed by atoms with Gasteiger partial charge in [0.1, 0.15) is 0 Å². The average Bonchev–Trinajstić information content (AvgIpc) is 2.95. The fourth-order valence-electron chi connectivity index (χ4n) is 4.92. The predicted molar refractivity (Wildman–Crippen MR) is 170 cm³/mol. The van der Waals surface area contributed by atoms with Gasteiger partial charge in [-0.15, -0.1) is 0 Å². The van der Waals surface area contributed by atoms with E-state index in [0.717, 1.165) is 80.1 Å². The van der Waals surface area contributed by atoms with Gasteiger partial charge in [0.2, 0.25) is 0 Å². The molecule has 0 heterocycles. The van der Waals surface area contributed by atoms with Crippen LogP contribution in [0.5, 0.6) is 0 Å². The van der Waals surface area contributed by atoms with Gasteiger partial charge in [0, 0.05) is 6.20 Å². The highest BCUT2D eigenvalue weighted by Crippen LogP contribution is 2.27. The molecule has 0 bridgehead atoms. The quantitative estimate of drug-likeness (QED) is 0.128. The van der Waals surface area contributed by atoms with Gasteiger partial charge in [-0.2, -0.15) is 0 Å². The molecule has 5 heteroatoms. The summed E-state index contributed by atoms with van der Waals surface area (Å²) in [6, 6.07) is 16.8. The molecule has 0 spiro atoms. The van der Waals surface area contributed by atoms with Gasteiger partial charge in [-0.1, -0.05) is 120 Å². The number of aryl methyl sites for hydroxylation is 1. The molecule has 0 aliphatic carbocycles. The molecule has 222 valence electrons. The molecule has 0 amide bonds. The van der Waals surface area contributed by atoms with Gasteiger partial charge < -0.3 is 5.11 Å². The number of benzene rings is 2. The summed E-state index contributed by atoms with van der Waals surface area (Å²) < 4.78 is 29.1. The number of aliphatic hydroxyl groups excluding tert-OH is 1. The Kier molecular flexibility index (Phi) is 16.0. The van der Waals surface area contributed by atoms with Crippen molar-refractivity contribution in [1.82, 2.24) is 4.31 Å². The maximum absolute atomic E-state index is 13.8. The van der Waals surface area contributed by atoms with Crippen LogP contribution in [0.15, 0.2) is 82.9 Å². The maximum atomic E-state index is 13.8. The standard InChI is InChI=1S/C35H53NO3S/c1-5-8-11-12-13-17-22-35(37)34(21-10-7-3)32(20-9-6-2)27-28-36(29-31-18-15-14-16-19-31)40(38,39)33-25-23-30(4)24-26-33/h14-16,18-19,23-28,35,37H,5-13,17,20-22,29H2,1-4H3/b28-27+,34-32-. The lowest BCUT2D eigenvalue weighted by atomic mass is 9.91. The Morgan fingerprint density at radius 2 is 1.40 bits per heavy atom. The van der Waals surface area contributed by atoms with Crippen molar-refractivity contribution in [3.8, 4) is 0 Å². The Morgan fingerprint density at radius 1 is 0.800 bits per heavy atom. The molecule has 40 heavy (non-hydrogen) atoms. The third-order valence-corrected chi connectivity index (χ3v) is 9.23. The Labute approximate surface area is 245 Å². The molecular formula is C35H53NO3S. The van der Waals surface area contributed by atoms with E-state index in [1.54, 1.807) is 18.3 Å². The fourth-order valence-corrected chi connectivity index (χ4v) is 6.21. The van der Waals surface area contributed by atoms with Crippen molar-refractivity contribution < 1.29 is 13.5 Å². The zero-order chi connectivity index (χ0) is 29.2. The summed E-state index contributed by atoms with van der Waals surface area (Å²) in [5, 5.41) is 11.3. The highest BCUT2D eigenvalue weighted by atomic mass is 32.2. The highest BCUT2D eigenvalue weighted by Gasteiger charge is 2.22. The van der Waals surface area contributed by atoms with Gasteiger partial charge in [-0.3, -0.25) is 4.31 Å². The van der Waals surface area contributed by atoms with Crippen molar-refractivity contribution >= 4 is 10.0 Å². The van der Waals surface area contributed by atoms with Gasteiger partial charge in [0.05, 0.1) is 17.5 Å². The van der Waals surface area contributed by atoms with Crippen molar-refractivity contribution in [2.24, 2.45) is 0 Å². The summed E-state index contributed by atoms with van der Waals surface area (Å²) in [6.45, 7) is 8.78. The molecule has 1 atom stereocenters. The smallest absolute Gasteiger partial charge is 0.264 e. The molecule has 2 rings (SSSR count). The Morgan fingerprint density at radius 3 is 2.05 bits per heavy atom. The van der Waals surface area contributed by atoms with Crippen molar-refractivity contribution in [2.45, 2.75) is 129 Å². The van der Waals surface area contributed by atoms with Crippen LogP contribution < -0.4 is 0 Å². The topological polar surface area (TPSA) is 57.6 Å². The zero-order valence-corrected chi connectivity index (χ0v) is 26.3. The molecule has 2 aromatic rings. The minimum atomic E-state index is -3.76. The van der Waals surface area contributed by atoms with Crippen LogP contribution in [-0.2, 0) is 16.6 Å². The third-order valence-electron chi connectivity index (χ3n) is 7.50. The molecule has 0 aliphatic rings. The molecule has 1 N–H and O–H groups in total. The van der Waals surface area contributed by atoms with E-state index < -0.39 is 16.1 Å². The van der Waals surface area contributed by atoms with Gasteiger partial charge >= 0.3 is 0 Å². The molecule has 0 radical (unpaired) electrons. The number of rotatable bonds is 20. The van der Waals surface area contributed by atoms with E-state index in [1.165, 1.54) is 30.0 Å². The highest BCUT2D eigenvalue weighted by molar-refractivity contribution is 7.89. The van der Waals surface area contributed by atoms with E-state index in [9.17, 15) is 13.5 Å². The van der Waals surface area contributed by atoms with Gasteiger partial charge in [0.15, 0.2) is 0 Å². The normalized spacial score (nSPS) is 13.4. The van der Waals surface area contributed by atoms with Crippen molar-refractivity contribution in [3.63, 3.8) is 0 Å². The third kappa shape index (κ3) is 11.6. The number of hydrogen-bond donors (Lipinski definition) is 1. The first-order valence-electron chi connectivity index (χ1n) is 15.5. The van der Waals surface area contributed by atoms with Crippen molar-refractivity contribution in [3.05, 3.63) is 89.1 Å². The number of unbranched alkanes of at least 4 members (excludes halogenated alkanes) is 7. The number of sulfonamides is 1.